The Labute approximate surface area is 128 Å². The van der Waals surface area contributed by atoms with Gasteiger partial charge in [0.15, 0.2) is 0 Å². The monoisotopic (exact) mass is 355 g/mol. The van der Waals surface area contributed by atoms with Gasteiger partial charge in [-0.25, -0.2) is 9.37 Å². The van der Waals surface area contributed by atoms with Crippen molar-refractivity contribution < 1.29 is 9.18 Å². The number of nitrogens with one attached hydrogen (secondary N) is 1. The molecule has 0 bridgehead atoms. The third-order valence-corrected chi connectivity index (χ3v) is 3.75. The molecule has 2 aromatic rings. The van der Waals surface area contributed by atoms with E-state index in [-0.39, 0.29) is 17.3 Å². The van der Waals surface area contributed by atoms with Crippen molar-refractivity contribution in [1.82, 2.24) is 4.98 Å². The van der Waals surface area contributed by atoms with Gasteiger partial charge < -0.3 is 11.1 Å². The Morgan fingerprint density at radius 2 is 2.20 bits per heavy atom. The van der Waals surface area contributed by atoms with Crippen molar-refractivity contribution in [2.24, 2.45) is 0 Å². The Morgan fingerprint density at radius 1 is 1.40 bits per heavy atom. The van der Waals surface area contributed by atoms with E-state index in [0.717, 1.165) is 0 Å². The van der Waals surface area contributed by atoms with Crippen molar-refractivity contribution in [2.75, 3.05) is 16.8 Å². The number of benzene rings is 1. The fourth-order valence-corrected chi connectivity index (χ4v) is 2.37. The number of nitrogens with two attached hydrogens (primary N) is 1. The maximum atomic E-state index is 13.5. The molecule has 1 aromatic carbocycles. The van der Waals surface area contributed by atoms with Crippen molar-refractivity contribution in [3.05, 3.63) is 46.8 Å². The predicted molar refractivity (Wildman–Crippen MR) is 82.1 cm³/mol. The number of rotatable bonds is 4. The number of hydrogen-bond donors (Lipinski definition) is 2. The van der Waals surface area contributed by atoms with Gasteiger partial charge in [0, 0.05) is 4.47 Å². The molecule has 0 saturated carbocycles. The minimum Gasteiger partial charge on any atom is -0.397 e. The molecule has 0 unspecified atom stereocenters. The van der Waals surface area contributed by atoms with E-state index < -0.39 is 5.82 Å². The predicted octanol–water partition coefficient (Wildman–Crippen LogP) is 3.30. The second-order valence-corrected chi connectivity index (χ2v) is 5.80. The third-order valence-electron chi connectivity index (χ3n) is 2.32. The van der Waals surface area contributed by atoms with Crippen LogP contribution in [0.2, 0.25) is 0 Å². The molecule has 0 fully saturated rings. The summed E-state index contributed by atoms with van der Waals surface area (Å²) in [6.45, 7) is 0. The second kappa shape index (κ2) is 6.71. The average Bonchev–Trinajstić information content (AvgIpc) is 2.41. The van der Waals surface area contributed by atoms with Crippen LogP contribution in [0.15, 0.2) is 46.0 Å². The van der Waals surface area contributed by atoms with E-state index in [4.69, 9.17) is 5.73 Å². The van der Waals surface area contributed by atoms with E-state index in [9.17, 15) is 9.18 Å². The van der Waals surface area contributed by atoms with E-state index in [1.807, 2.05) is 0 Å². The highest BCUT2D eigenvalue weighted by Gasteiger charge is 2.08. The lowest BCUT2D eigenvalue weighted by Crippen LogP contribution is -2.15. The fraction of sp³-hybridized carbons (Fsp3) is 0.0769. The standard InChI is InChI=1S/C13H11BrFN3OS/c14-8-1-3-11(10(15)5-8)18-12(19)7-20-13-4-2-9(16)6-17-13/h1-6H,7,16H2,(H,18,19). The minimum atomic E-state index is -0.483. The summed E-state index contributed by atoms with van der Waals surface area (Å²) in [5.41, 5.74) is 6.24. The summed E-state index contributed by atoms with van der Waals surface area (Å²) in [6, 6.07) is 7.90. The summed E-state index contributed by atoms with van der Waals surface area (Å²) in [5, 5.41) is 3.20. The van der Waals surface area contributed by atoms with Gasteiger partial charge in [0.1, 0.15) is 5.82 Å². The number of nitrogens with zero attached hydrogens (tertiary/aromatic N) is 1. The summed E-state index contributed by atoms with van der Waals surface area (Å²) in [6.07, 6.45) is 1.52. The first-order chi connectivity index (χ1) is 9.54. The summed E-state index contributed by atoms with van der Waals surface area (Å²) >= 11 is 4.41. The van der Waals surface area contributed by atoms with Crippen LogP contribution in [-0.2, 0) is 4.79 Å². The second-order valence-electron chi connectivity index (χ2n) is 3.89. The number of thioether (sulfide) groups is 1. The molecule has 0 atom stereocenters. The molecule has 0 aliphatic carbocycles. The first kappa shape index (κ1) is 14.8. The summed E-state index contributed by atoms with van der Waals surface area (Å²) in [7, 11) is 0. The molecule has 0 aliphatic heterocycles. The number of pyridine rings is 1. The van der Waals surface area contributed by atoms with Crippen molar-refractivity contribution in [2.45, 2.75) is 5.03 Å². The summed E-state index contributed by atoms with van der Waals surface area (Å²) < 4.78 is 14.2. The molecule has 0 saturated heterocycles. The van der Waals surface area contributed by atoms with Crippen LogP contribution in [-0.4, -0.2) is 16.6 Å². The molecule has 3 N–H and O–H groups in total. The van der Waals surface area contributed by atoms with Crippen molar-refractivity contribution in [1.29, 1.82) is 0 Å². The van der Waals surface area contributed by atoms with Crippen LogP contribution >= 0.6 is 27.7 Å². The highest BCUT2D eigenvalue weighted by Crippen LogP contribution is 2.20. The van der Waals surface area contributed by atoms with Crippen molar-refractivity contribution in [3.63, 3.8) is 0 Å². The zero-order valence-electron chi connectivity index (χ0n) is 10.3. The first-order valence-electron chi connectivity index (χ1n) is 5.64. The number of nitrogen functional groups attached to an aromatic ring is 1. The van der Waals surface area contributed by atoms with Crippen LogP contribution in [0.3, 0.4) is 0 Å². The highest BCUT2D eigenvalue weighted by molar-refractivity contribution is 9.10. The summed E-state index contributed by atoms with van der Waals surface area (Å²) in [5.74, 6) is -0.634. The van der Waals surface area contributed by atoms with Crippen LogP contribution in [0, 0.1) is 5.82 Å². The zero-order chi connectivity index (χ0) is 14.5. The third kappa shape index (κ3) is 4.21. The lowest BCUT2D eigenvalue weighted by atomic mass is 10.3. The maximum Gasteiger partial charge on any atom is 0.234 e. The highest BCUT2D eigenvalue weighted by atomic mass is 79.9. The maximum absolute atomic E-state index is 13.5. The van der Waals surface area contributed by atoms with Crippen LogP contribution < -0.4 is 11.1 Å². The van der Waals surface area contributed by atoms with Crippen LogP contribution in [0.5, 0.6) is 0 Å². The van der Waals surface area contributed by atoms with Gasteiger partial charge >= 0.3 is 0 Å². The molecule has 0 aliphatic rings. The Balaban J connectivity index is 1.90. The summed E-state index contributed by atoms with van der Waals surface area (Å²) in [4.78, 5) is 15.8. The van der Waals surface area contributed by atoms with Gasteiger partial charge in [0.2, 0.25) is 5.91 Å². The molecule has 0 spiro atoms. The van der Waals surface area contributed by atoms with Crippen LogP contribution in [0.25, 0.3) is 0 Å². The normalized spacial score (nSPS) is 10.3. The first-order valence-corrected chi connectivity index (χ1v) is 7.41. The van der Waals surface area contributed by atoms with Gasteiger partial charge in [-0.1, -0.05) is 27.7 Å². The Hall–Kier alpha value is -1.60. The zero-order valence-corrected chi connectivity index (χ0v) is 12.7. The number of carbonyl (C=O) groups is 1. The van der Waals surface area contributed by atoms with Gasteiger partial charge in [-0.2, -0.15) is 0 Å². The minimum absolute atomic E-state index is 0.145. The van der Waals surface area contributed by atoms with E-state index in [1.54, 1.807) is 18.2 Å². The molecule has 1 heterocycles. The SMILES string of the molecule is Nc1ccc(SCC(=O)Nc2ccc(Br)cc2F)nc1. The molecule has 0 radical (unpaired) electrons. The van der Waals surface area contributed by atoms with Gasteiger partial charge in [0.25, 0.3) is 0 Å². The Bertz CT molecular complexity index is 622. The fourth-order valence-electron chi connectivity index (χ4n) is 1.39. The van der Waals surface area contributed by atoms with E-state index in [0.29, 0.717) is 15.2 Å². The van der Waals surface area contributed by atoms with E-state index in [2.05, 4.69) is 26.2 Å². The number of aromatic nitrogens is 1. The quantitative estimate of drug-likeness (QED) is 0.825. The number of carbonyl (C=O) groups excluding carboxylic acids is 1. The largest absolute Gasteiger partial charge is 0.397 e. The van der Waals surface area contributed by atoms with E-state index in [1.165, 1.54) is 30.1 Å². The van der Waals surface area contributed by atoms with Gasteiger partial charge in [0.05, 0.1) is 28.4 Å². The molecule has 2 rings (SSSR count). The molecule has 104 valence electrons. The molecule has 4 nitrogen and oxygen atoms in total. The number of amides is 1. The van der Waals surface area contributed by atoms with Gasteiger partial charge in [-0.05, 0) is 30.3 Å². The molecular weight excluding hydrogens is 345 g/mol. The Morgan fingerprint density at radius 3 is 2.85 bits per heavy atom. The Kier molecular flexibility index (Phi) is 4.97. The van der Waals surface area contributed by atoms with Gasteiger partial charge in [-0.15, -0.1) is 0 Å². The number of anilines is 2. The lowest BCUT2D eigenvalue weighted by Gasteiger charge is -2.06. The van der Waals surface area contributed by atoms with Crippen molar-refractivity contribution in [3.8, 4) is 0 Å². The molecule has 1 aromatic heterocycles. The topological polar surface area (TPSA) is 68.0 Å². The number of hydrogen-bond acceptors (Lipinski definition) is 4. The molecule has 20 heavy (non-hydrogen) atoms. The lowest BCUT2D eigenvalue weighted by molar-refractivity contribution is -0.113. The molecule has 7 heteroatoms. The van der Waals surface area contributed by atoms with Crippen LogP contribution in [0.4, 0.5) is 15.8 Å². The molecular formula is C13H11BrFN3OS. The van der Waals surface area contributed by atoms with Crippen LogP contribution in [0.1, 0.15) is 0 Å². The van der Waals surface area contributed by atoms with Crippen molar-refractivity contribution >= 4 is 45.0 Å². The average molecular weight is 356 g/mol. The van der Waals surface area contributed by atoms with E-state index >= 15 is 0 Å². The number of halogens is 2. The molecule has 1 amide bonds. The van der Waals surface area contributed by atoms with Gasteiger partial charge in [-0.3, -0.25) is 4.79 Å². The smallest absolute Gasteiger partial charge is 0.234 e.